The quantitative estimate of drug-likeness (QED) is 0.822. The second kappa shape index (κ2) is 5.07. The van der Waals surface area contributed by atoms with E-state index >= 15 is 0 Å². The number of aromatic nitrogens is 1. The van der Waals surface area contributed by atoms with Crippen molar-refractivity contribution in [3.05, 3.63) is 47.7 Å². The number of carboxylic acids is 1. The Labute approximate surface area is 109 Å². The number of nitrogens with zero attached hydrogens (tertiary/aromatic N) is 1. The number of allylic oxidation sites excluding steroid dienone is 1. The van der Waals surface area contributed by atoms with Crippen molar-refractivity contribution in [3.63, 3.8) is 0 Å². The van der Waals surface area contributed by atoms with Crippen LogP contribution in [-0.2, 0) is 11.4 Å². The highest BCUT2D eigenvalue weighted by molar-refractivity contribution is 6.02. The fourth-order valence-electron chi connectivity index (χ4n) is 2.05. The summed E-state index contributed by atoms with van der Waals surface area (Å²) in [5.74, 6) is -1.63. The Balaban J connectivity index is 2.60. The number of rotatable bonds is 3. The molecule has 2 aromatic rings. The molecule has 0 unspecified atom stereocenters. The van der Waals surface area contributed by atoms with Gasteiger partial charge in [0, 0.05) is 29.3 Å². The van der Waals surface area contributed by atoms with Gasteiger partial charge in [0.2, 0.25) is 0 Å². The van der Waals surface area contributed by atoms with E-state index in [1.54, 1.807) is 0 Å². The number of carbonyl (C=O) groups is 2. The van der Waals surface area contributed by atoms with E-state index in [-0.39, 0.29) is 6.61 Å². The van der Waals surface area contributed by atoms with Crippen LogP contribution in [0.25, 0.3) is 10.9 Å². The molecule has 0 bridgehead atoms. The van der Waals surface area contributed by atoms with Gasteiger partial charge in [-0.25, -0.2) is 4.79 Å². The predicted molar refractivity (Wildman–Crippen MR) is 70.0 cm³/mol. The molecule has 2 rings (SSSR count). The first-order valence-corrected chi connectivity index (χ1v) is 5.70. The number of hydrogen-bond acceptors (Lipinski definition) is 3. The lowest BCUT2D eigenvalue weighted by atomic mass is 10.1. The Kier molecular flexibility index (Phi) is 3.48. The first kappa shape index (κ1) is 13.0. The van der Waals surface area contributed by atoms with Crippen LogP contribution in [0.3, 0.4) is 0 Å². The fraction of sp³-hybridized carbons (Fsp3) is 0.143. The number of aliphatic hydroxyl groups excluding tert-OH is 1. The highest BCUT2D eigenvalue weighted by Crippen LogP contribution is 2.24. The van der Waals surface area contributed by atoms with Gasteiger partial charge in [-0.1, -0.05) is 18.2 Å². The minimum Gasteiger partial charge on any atom is -0.478 e. The second-order valence-corrected chi connectivity index (χ2v) is 4.16. The molecular formula is C14H13NO4. The summed E-state index contributed by atoms with van der Waals surface area (Å²) in [6, 6.07) is 5.52. The van der Waals surface area contributed by atoms with Crippen molar-refractivity contribution >= 4 is 22.8 Å². The molecule has 0 atom stereocenters. The van der Waals surface area contributed by atoms with Crippen molar-refractivity contribution in [1.82, 2.24) is 4.57 Å². The van der Waals surface area contributed by atoms with Gasteiger partial charge in [-0.3, -0.25) is 9.36 Å². The third-order valence-corrected chi connectivity index (χ3v) is 2.89. The smallest absolute Gasteiger partial charge is 0.328 e. The summed E-state index contributed by atoms with van der Waals surface area (Å²) in [6.07, 6.45) is 3.33. The third-order valence-electron chi connectivity index (χ3n) is 2.89. The van der Waals surface area contributed by atoms with Crippen LogP contribution in [0.15, 0.2) is 36.5 Å². The molecule has 0 radical (unpaired) electrons. The van der Waals surface area contributed by atoms with E-state index < -0.39 is 11.9 Å². The summed E-state index contributed by atoms with van der Waals surface area (Å²) in [7, 11) is 0. The van der Waals surface area contributed by atoms with Crippen LogP contribution in [0.4, 0.5) is 0 Å². The summed E-state index contributed by atoms with van der Waals surface area (Å²) < 4.78 is 1.36. The van der Waals surface area contributed by atoms with Gasteiger partial charge < -0.3 is 10.2 Å². The molecule has 1 aromatic carbocycles. The monoisotopic (exact) mass is 259 g/mol. The van der Waals surface area contributed by atoms with Crippen LogP contribution in [0.2, 0.25) is 0 Å². The van der Waals surface area contributed by atoms with Gasteiger partial charge in [-0.2, -0.15) is 0 Å². The number of aryl methyl sites for hydroxylation is 1. The molecule has 98 valence electrons. The number of para-hydroxylation sites is 1. The van der Waals surface area contributed by atoms with Gasteiger partial charge in [-0.05, 0) is 12.5 Å². The first-order chi connectivity index (χ1) is 9.04. The topological polar surface area (TPSA) is 79.5 Å². The minimum atomic E-state index is -1.18. The Hall–Kier alpha value is -2.40. The Morgan fingerprint density at radius 1 is 1.32 bits per heavy atom. The molecule has 0 fully saturated rings. The van der Waals surface area contributed by atoms with Crippen LogP contribution in [0.1, 0.15) is 15.9 Å². The van der Waals surface area contributed by atoms with E-state index in [1.807, 2.05) is 25.1 Å². The Morgan fingerprint density at radius 2 is 2.05 bits per heavy atom. The molecule has 2 N–H and O–H groups in total. The molecule has 5 heteroatoms. The molecular weight excluding hydrogens is 246 g/mol. The lowest BCUT2D eigenvalue weighted by Gasteiger charge is -2.02. The van der Waals surface area contributed by atoms with Gasteiger partial charge >= 0.3 is 5.97 Å². The number of fused-ring (bicyclic) bond motifs is 1. The summed E-state index contributed by atoms with van der Waals surface area (Å²) in [5.41, 5.74) is 2.21. The summed E-state index contributed by atoms with van der Waals surface area (Å²) in [5, 5.41) is 18.6. The van der Waals surface area contributed by atoms with E-state index in [9.17, 15) is 14.7 Å². The highest BCUT2D eigenvalue weighted by Gasteiger charge is 2.13. The standard InChI is InChI=1S/C14H13NO4/c1-9-3-2-4-11-10(8-16)7-15(14(9)11)12(17)5-6-13(18)19/h2-7,16H,8H2,1H3,(H,18,19)/b6-5+. The largest absolute Gasteiger partial charge is 0.478 e. The van der Waals surface area contributed by atoms with E-state index in [2.05, 4.69) is 0 Å². The number of aliphatic hydroxyl groups is 1. The zero-order chi connectivity index (χ0) is 14.0. The van der Waals surface area contributed by atoms with Gasteiger partial charge in [0.15, 0.2) is 0 Å². The van der Waals surface area contributed by atoms with E-state index in [0.717, 1.165) is 23.1 Å². The van der Waals surface area contributed by atoms with Crippen molar-refractivity contribution in [2.75, 3.05) is 0 Å². The minimum absolute atomic E-state index is 0.178. The Morgan fingerprint density at radius 3 is 2.68 bits per heavy atom. The van der Waals surface area contributed by atoms with Gasteiger partial charge in [-0.15, -0.1) is 0 Å². The van der Waals surface area contributed by atoms with Crippen molar-refractivity contribution in [3.8, 4) is 0 Å². The van der Waals surface area contributed by atoms with Crippen LogP contribution in [-0.4, -0.2) is 26.7 Å². The van der Waals surface area contributed by atoms with Gasteiger partial charge in [0.05, 0.1) is 12.1 Å². The molecule has 0 aliphatic heterocycles. The van der Waals surface area contributed by atoms with Gasteiger partial charge in [0.1, 0.15) is 0 Å². The van der Waals surface area contributed by atoms with Gasteiger partial charge in [0.25, 0.3) is 5.91 Å². The SMILES string of the molecule is Cc1cccc2c(CO)cn(C(=O)/C=C/C(=O)O)c12. The molecule has 0 aliphatic carbocycles. The summed E-state index contributed by atoms with van der Waals surface area (Å²) >= 11 is 0. The molecule has 1 heterocycles. The lowest BCUT2D eigenvalue weighted by Crippen LogP contribution is -2.07. The second-order valence-electron chi connectivity index (χ2n) is 4.16. The van der Waals surface area contributed by atoms with E-state index in [0.29, 0.717) is 11.1 Å². The molecule has 1 aromatic heterocycles. The normalized spacial score (nSPS) is 11.3. The molecule has 0 saturated heterocycles. The van der Waals surface area contributed by atoms with Crippen molar-refractivity contribution in [2.45, 2.75) is 13.5 Å². The maximum absolute atomic E-state index is 12.0. The van der Waals surface area contributed by atoms with Crippen LogP contribution < -0.4 is 0 Å². The van der Waals surface area contributed by atoms with Crippen LogP contribution >= 0.6 is 0 Å². The average Bonchev–Trinajstić information content (AvgIpc) is 2.76. The van der Waals surface area contributed by atoms with Crippen molar-refractivity contribution in [2.24, 2.45) is 0 Å². The highest BCUT2D eigenvalue weighted by atomic mass is 16.4. The molecule has 0 amide bonds. The average molecular weight is 259 g/mol. The summed E-state index contributed by atoms with van der Waals surface area (Å²) in [4.78, 5) is 22.4. The molecule has 5 nitrogen and oxygen atoms in total. The predicted octanol–water partition coefficient (Wildman–Crippen LogP) is 1.72. The lowest BCUT2D eigenvalue weighted by molar-refractivity contribution is -0.131. The summed E-state index contributed by atoms with van der Waals surface area (Å²) in [6.45, 7) is 1.68. The fourth-order valence-corrected chi connectivity index (χ4v) is 2.05. The van der Waals surface area contributed by atoms with Crippen molar-refractivity contribution < 1.29 is 19.8 Å². The zero-order valence-corrected chi connectivity index (χ0v) is 10.3. The molecule has 0 aliphatic rings. The number of carboxylic acid groups (broad SMARTS) is 1. The van der Waals surface area contributed by atoms with E-state index in [4.69, 9.17) is 5.11 Å². The van der Waals surface area contributed by atoms with E-state index in [1.165, 1.54) is 10.8 Å². The van der Waals surface area contributed by atoms with Crippen molar-refractivity contribution in [1.29, 1.82) is 0 Å². The first-order valence-electron chi connectivity index (χ1n) is 5.70. The maximum atomic E-state index is 12.0. The molecule has 0 spiro atoms. The molecule has 19 heavy (non-hydrogen) atoms. The van der Waals surface area contributed by atoms with Crippen LogP contribution in [0.5, 0.6) is 0 Å². The van der Waals surface area contributed by atoms with Crippen LogP contribution in [0, 0.1) is 6.92 Å². The zero-order valence-electron chi connectivity index (χ0n) is 10.3. The maximum Gasteiger partial charge on any atom is 0.328 e. The number of hydrogen-bond donors (Lipinski definition) is 2. The third kappa shape index (κ3) is 2.41. The number of carbonyl (C=O) groups excluding carboxylic acids is 1. The Bertz CT molecular complexity index is 682. The molecule has 0 saturated carbocycles. The number of aliphatic carboxylic acids is 1. The number of benzene rings is 1.